The van der Waals surface area contributed by atoms with Crippen molar-refractivity contribution in [3.05, 3.63) is 18.1 Å². The van der Waals surface area contributed by atoms with Crippen LogP contribution < -0.4 is 5.30 Å². The first-order valence-corrected chi connectivity index (χ1v) is 7.31. The predicted octanol–water partition coefficient (Wildman–Crippen LogP) is 3.01. The van der Waals surface area contributed by atoms with E-state index in [1.165, 1.54) is 26.5 Å². The molecular formula is C12H19O5P. The Labute approximate surface area is 107 Å². The summed E-state index contributed by atoms with van der Waals surface area (Å²) in [6, 6.07) is 1.45. The fourth-order valence-corrected chi connectivity index (χ4v) is 2.74. The van der Waals surface area contributed by atoms with Gasteiger partial charge in [0.05, 0.1) is 6.26 Å². The first-order chi connectivity index (χ1) is 8.44. The van der Waals surface area contributed by atoms with Gasteiger partial charge in [-0.05, 0) is 18.4 Å². The van der Waals surface area contributed by atoms with E-state index in [0.29, 0.717) is 12.3 Å². The summed E-state index contributed by atoms with van der Waals surface area (Å²) < 4.78 is 27.1. The average molecular weight is 274 g/mol. The number of furan rings is 1. The fourth-order valence-electron chi connectivity index (χ4n) is 1.53. The van der Waals surface area contributed by atoms with Gasteiger partial charge in [0, 0.05) is 20.6 Å². The minimum atomic E-state index is -3.44. The lowest BCUT2D eigenvalue weighted by molar-refractivity contribution is 0.0949. The number of Topliss-reactive ketones (excluding diaryl/α,β-unsaturated/α-hetero) is 1. The molecular weight excluding hydrogens is 255 g/mol. The SMILES string of the molecule is COP(=O)(OC)c1ccoc1C(=O)CCC(C)C. The molecule has 1 aromatic heterocycles. The van der Waals surface area contributed by atoms with Crippen molar-refractivity contribution in [3.8, 4) is 0 Å². The van der Waals surface area contributed by atoms with Gasteiger partial charge in [-0.3, -0.25) is 9.36 Å². The molecule has 0 aliphatic rings. The first kappa shape index (κ1) is 15.2. The van der Waals surface area contributed by atoms with Crippen LogP contribution in [0.25, 0.3) is 0 Å². The van der Waals surface area contributed by atoms with Gasteiger partial charge in [0.15, 0.2) is 11.5 Å². The second-order valence-corrected chi connectivity index (χ2v) is 6.56. The Bertz CT molecular complexity index is 441. The van der Waals surface area contributed by atoms with Gasteiger partial charge in [-0.25, -0.2) is 0 Å². The molecule has 0 atom stereocenters. The van der Waals surface area contributed by atoms with Gasteiger partial charge in [0.25, 0.3) is 0 Å². The third-order valence-corrected chi connectivity index (χ3v) is 4.53. The highest BCUT2D eigenvalue weighted by atomic mass is 31.2. The number of carbonyl (C=O) groups is 1. The summed E-state index contributed by atoms with van der Waals surface area (Å²) in [6.07, 6.45) is 2.43. The number of rotatable bonds is 7. The van der Waals surface area contributed by atoms with Gasteiger partial charge < -0.3 is 13.5 Å². The maximum Gasteiger partial charge on any atom is 0.364 e. The molecule has 5 nitrogen and oxygen atoms in total. The molecule has 102 valence electrons. The topological polar surface area (TPSA) is 65.7 Å². The van der Waals surface area contributed by atoms with E-state index in [2.05, 4.69) is 0 Å². The van der Waals surface area contributed by atoms with E-state index in [1.807, 2.05) is 13.8 Å². The minimum Gasteiger partial charge on any atom is -0.460 e. The molecule has 0 fully saturated rings. The average Bonchev–Trinajstić information content (AvgIpc) is 2.84. The Kier molecular flexibility index (Phi) is 5.32. The maximum absolute atomic E-state index is 12.2. The number of ketones is 1. The molecule has 0 aliphatic heterocycles. The molecule has 0 bridgehead atoms. The molecule has 0 radical (unpaired) electrons. The molecule has 0 amide bonds. The molecule has 0 saturated carbocycles. The molecule has 0 N–H and O–H groups in total. The van der Waals surface area contributed by atoms with Crippen molar-refractivity contribution in [1.29, 1.82) is 0 Å². The van der Waals surface area contributed by atoms with Crippen molar-refractivity contribution in [2.24, 2.45) is 5.92 Å². The third kappa shape index (κ3) is 3.31. The van der Waals surface area contributed by atoms with Crippen LogP contribution in [-0.2, 0) is 13.6 Å². The molecule has 6 heteroatoms. The fraction of sp³-hybridized carbons (Fsp3) is 0.583. The second kappa shape index (κ2) is 6.32. The van der Waals surface area contributed by atoms with E-state index in [9.17, 15) is 9.36 Å². The Morgan fingerprint density at radius 2 is 2.00 bits per heavy atom. The molecule has 0 spiro atoms. The Balaban J connectivity index is 2.95. The summed E-state index contributed by atoms with van der Waals surface area (Å²) in [6.45, 7) is 4.07. The largest absolute Gasteiger partial charge is 0.460 e. The quantitative estimate of drug-likeness (QED) is 0.565. The van der Waals surface area contributed by atoms with Crippen LogP contribution in [-0.4, -0.2) is 20.0 Å². The standard InChI is InChI=1S/C12H19O5P/c1-9(2)5-6-10(13)12-11(7-8-17-12)18(14,15-3)16-4/h7-9H,5-6H2,1-4H3. The number of hydrogen-bond acceptors (Lipinski definition) is 5. The lowest BCUT2D eigenvalue weighted by atomic mass is 10.1. The summed E-state index contributed by atoms with van der Waals surface area (Å²) in [7, 11) is -0.884. The van der Waals surface area contributed by atoms with Crippen LogP contribution in [0.3, 0.4) is 0 Å². The van der Waals surface area contributed by atoms with Gasteiger partial charge in [0.1, 0.15) is 5.30 Å². The molecule has 0 saturated heterocycles. The highest BCUT2D eigenvalue weighted by molar-refractivity contribution is 7.62. The third-order valence-electron chi connectivity index (χ3n) is 2.62. The van der Waals surface area contributed by atoms with Crippen LogP contribution >= 0.6 is 7.60 Å². The Morgan fingerprint density at radius 3 is 2.50 bits per heavy atom. The molecule has 1 rings (SSSR count). The van der Waals surface area contributed by atoms with Crippen molar-refractivity contribution in [2.45, 2.75) is 26.7 Å². The summed E-state index contributed by atoms with van der Waals surface area (Å²) in [5.74, 6) is 0.310. The van der Waals surface area contributed by atoms with Gasteiger partial charge in [-0.2, -0.15) is 0 Å². The van der Waals surface area contributed by atoms with Crippen LogP contribution in [0.5, 0.6) is 0 Å². The summed E-state index contributed by atoms with van der Waals surface area (Å²) in [5.41, 5.74) is 0. The van der Waals surface area contributed by atoms with Crippen LogP contribution in [0.4, 0.5) is 0 Å². The van der Waals surface area contributed by atoms with Crippen molar-refractivity contribution in [2.75, 3.05) is 14.2 Å². The van der Waals surface area contributed by atoms with Crippen molar-refractivity contribution < 1.29 is 22.8 Å². The van der Waals surface area contributed by atoms with Gasteiger partial charge in [0.2, 0.25) is 0 Å². The highest BCUT2D eigenvalue weighted by Crippen LogP contribution is 2.46. The first-order valence-electron chi connectivity index (χ1n) is 5.77. The van der Waals surface area contributed by atoms with Gasteiger partial charge in [-0.1, -0.05) is 13.8 Å². The molecule has 0 aliphatic carbocycles. The summed E-state index contributed by atoms with van der Waals surface area (Å²) in [4.78, 5) is 12.0. The maximum atomic E-state index is 12.2. The predicted molar refractivity (Wildman–Crippen MR) is 68.4 cm³/mol. The van der Waals surface area contributed by atoms with Gasteiger partial charge in [-0.15, -0.1) is 0 Å². The van der Waals surface area contributed by atoms with E-state index < -0.39 is 7.60 Å². The molecule has 0 unspecified atom stereocenters. The smallest absolute Gasteiger partial charge is 0.364 e. The zero-order valence-electron chi connectivity index (χ0n) is 11.1. The monoisotopic (exact) mass is 274 g/mol. The lowest BCUT2D eigenvalue weighted by Gasteiger charge is -2.12. The minimum absolute atomic E-state index is 0.0719. The van der Waals surface area contributed by atoms with Crippen molar-refractivity contribution >= 4 is 18.7 Å². The van der Waals surface area contributed by atoms with Crippen LogP contribution in [0, 0.1) is 5.92 Å². The van der Waals surface area contributed by atoms with Gasteiger partial charge >= 0.3 is 7.60 Å². The summed E-state index contributed by atoms with van der Waals surface area (Å²) in [5, 5.41) is 0.196. The second-order valence-electron chi connectivity index (χ2n) is 4.35. The number of carbonyl (C=O) groups excluding carboxylic acids is 1. The van der Waals surface area contributed by atoms with Crippen molar-refractivity contribution in [1.82, 2.24) is 0 Å². The number of hydrogen-bond donors (Lipinski definition) is 0. The molecule has 0 aromatic carbocycles. The van der Waals surface area contributed by atoms with E-state index >= 15 is 0 Å². The van der Waals surface area contributed by atoms with E-state index in [-0.39, 0.29) is 16.8 Å². The Hall–Kier alpha value is -0.900. The van der Waals surface area contributed by atoms with Crippen LogP contribution in [0.1, 0.15) is 37.2 Å². The lowest BCUT2D eigenvalue weighted by Crippen LogP contribution is -2.15. The Morgan fingerprint density at radius 1 is 1.39 bits per heavy atom. The van der Waals surface area contributed by atoms with Crippen LogP contribution in [0.2, 0.25) is 0 Å². The highest BCUT2D eigenvalue weighted by Gasteiger charge is 2.32. The zero-order valence-corrected chi connectivity index (χ0v) is 12.0. The summed E-state index contributed by atoms with van der Waals surface area (Å²) >= 11 is 0. The molecule has 1 heterocycles. The van der Waals surface area contributed by atoms with E-state index in [4.69, 9.17) is 13.5 Å². The molecule has 18 heavy (non-hydrogen) atoms. The van der Waals surface area contributed by atoms with E-state index in [0.717, 1.165) is 6.42 Å². The normalized spacial score (nSPS) is 12.1. The van der Waals surface area contributed by atoms with Crippen molar-refractivity contribution in [3.63, 3.8) is 0 Å². The zero-order chi connectivity index (χ0) is 13.8. The van der Waals surface area contributed by atoms with E-state index in [1.54, 1.807) is 0 Å². The molecule has 1 aromatic rings. The van der Waals surface area contributed by atoms with Crippen LogP contribution in [0.15, 0.2) is 16.7 Å².